The molecule has 0 saturated carbocycles. The molecule has 8 nitrogen and oxygen atoms in total. The summed E-state index contributed by atoms with van der Waals surface area (Å²) in [7, 11) is 0. The normalized spacial score (nSPS) is 17.2. The average molecular weight is 574 g/mol. The summed E-state index contributed by atoms with van der Waals surface area (Å²) in [6.45, 7) is 4.39. The van der Waals surface area contributed by atoms with E-state index in [1.54, 1.807) is 0 Å². The van der Waals surface area contributed by atoms with Crippen LogP contribution in [0.3, 0.4) is 0 Å². The van der Waals surface area contributed by atoms with Crippen molar-refractivity contribution in [2.45, 2.75) is 57.8 Å². The van der Waals surface area contributed by atoms with Crippen LogP contribution in [0.4, 0.5) is 23.1 Å². The number of piperidine rings is 1. The van der Waals surface area contributed by atoms with Crippen molar-refractivity contribution >= 4 is 34.3 Å². The number of imidazole rings is 1. The SMILES string of the molecule is c1ccc(CN(Cc2ccccc2)c2nc(Nc3ccc(N4CCCCC4)cc3)nc3c2ncn3C2CCCCO2)cc1. The van der Waals surface area contributed by atoms with Gasteiger partial charge in [0.15, 0.2) is 17.0 Å². The first-order valence-corrected chi connectivity index (χ1v) is 15.6. The summed E-state index contributed by atoms with van der Waals surface area (Å²) in [5, 5.41) is 3.52. The van der Waals surface area contributed by atoms with Crippen LogP contribution in [-0.4, -0.2) is 39.2 Å². The third kappa shape index (κ3) is 6.34. The Kier molecular flexibility index (Phi) is 8.18. The molecule has 0 radical (unpaired) electrons. The second kappa shape index (κ2) is 12.8. The van der Waals surface area contributed by atoms with Gasteiger partial charge in [-0.1, -0.05) is 60.7 Å². The molecular formula is C35H39N7O. The Morgan fingerprint density at radius 1 is 0.767 bits per heavy atom. The number of benzene rings is 3. The first kappa shape index (κ1) is 27.4. The number of rotatable bonds is 9. The highest BCUT2D eigenvalue weighted by molar-refractivity contribution is 5.85. The van der Waals surface area contributed by atoms with E-state index in [2.05, 4.69) is 105 Å². The van der Waals surface area contributed by atoms with E-state index in [0.717, 1.165) is 61.6 Å². The van der Waals surface area contributed by atoms with Gasteiger partial charge in [-0.2, -0.15) is 9.97 Å². The van der Waals surface area contributed by atoms with Crippen molar-refractivity contribution in [2.75, 3.05) is 34.8 Å². The van der Waals surface area contributed by atoms with E-state index in [-0.39, 0.29) is 6.23 Å². The minimum Gasteiger partial charge on any atom is -0.372 e. The number of fused-ring (bicyclic) bond motifs is 1. The summed E-state index contributed by atoms with van der Waals surface area (Å²) in [5.74, 6) is 1.36. The van der Waals surface area contributed by atoms with Gasteiger partial charge in [-0.15, -0.1) is 0 Å². The van der Waals surface area contributed by atoms with Gasteiger partial charge in [0.25, 0.3) is 0 Å². The van der Waals surface area contributed by atoms with Crippen LogP contribution < -0.4 is 15.1 Å². The molecule has 2 saturated heterocycles. The number of hydrogen-bond donors (Lipinski definition) is 1. The van der Waals surface area contributed by atoms with Gasteiger partial charge in [-0.25, -0.2) is 4.98 Å². The molecule has 0 aliphatic carbocycles. The molecule has 2 aliphatic heterocycles. The topological polar surface area (TPSA) is 71.3 Å². The Hall–Kier alpha value is -4.43. The summed E-state index contributed by atoms with van der Waals surface area (Å²) in [5.41, 5.74) is 6.23. The van der Waals surface area contributed by atoms with E-state index in [1.807, 2.05) is 6.33 Å². The van der Waals surface area contributed by atoms with E-state index in [4.69, 9.17) is 19.7 Å². The van der Waals surface area contributed by atoms with Crippen molar-refractivity contribution in [3.8, 4) is 0 Å². The molecule has 1 N–H and O–H groups in total. The van der Waals surface area contributed by atoms with Crippen LogP contribution in [0.5, 0.6) is 0 Å². The molecule has 220 valence electrons. The summed E-state index contributed by atoms with van der Waals surface area (Å²) >= 11 is 0. The van der Waals surface area contributed by atoms with Crippen LogP contribution in [0.2, 0.25) is 0 Å². The summed E-state index contributed by atoms with van der Waals surface area (Å²) in [6.07, 6.45) is 8.81. The fourth-order valence-corrected chi connectivity index (χ4v) is 6.18. The van der Waals surface area contributed by atoms with Gasteiger partial charge in [-0.3, -0.25) is 4.57 Å². The molecule has 7 rings (SSSR count). The van der Waals surface area contributed by atoms with Crippen LogP contribution in [0.1, 0.15) is 55.9 Å². The highest BCUT2D eigenvalue weighted by Gasteiger charge is 2.24. The third-order valence-corrected chi connectivity index (χ3v) is 8.45. The van der Waals surface area contributed by atoms with Crippen LogP contribution in [-0.2, 0) is 17.8 Å². The molecule has 2 aliphatic rings. The predicted octanol–water partition coefficient (Wildman–Crippen LogP) is 7.47. The minimum atomic E-state index is -0.0742. The first-order valence-electron chi connectivity index (χ1n) is 15.6. The molecule has 2 fully saturated rings. The van der Waals surface area contributed by atoms with E-state index < -0.39 is 0 Å². The lowest BCUT2D eigenvalue weighted by Crippen LogP contribution is -2.29. The average Bonchev–Trinajstić information content (AvgIpc) is 3.50. The molecule has 1 unspecified atom stereocenters. The van der Waals surface area contributed by atoms with Crippen LogP contribution in [0, 0.1) is 0 Å². The largest absolute Gasteiger partial charge is 0.372 e. The zero-order chi connectivity index (χ0) is 28.8. The molecule has 0 amide bonds. The Morgan fingerprint density at radius 3 is 2.12 bits per heavy atom. The quantitative estimate of drug-likeness (QED) is 0.196. The van der Waals surface area contributed by atoms with Crippen molar-refractivity contribution in [1.29, 1.82) is 0 Å². The lowest BCUT2D eigenvalue weighted by molar-refractivity contribution is -0.0298. The van der Waals surface area contributed by atoms with Crippen LogP contribution >= 0.6 is 0 Å². The molecule has 8 heteroatoms. The lowest BCUT2D eigenvalue weighted by atomic mass is 10.1. The van der Waals surface area contributed by atoms with Crippen molar-refractivity contribution in [3.05, 3.63) is 102 Å². The van der Waals surface area contributed by atoms with E-state index >= 15 is 0 Å². The molecule has 0 bridgehead atoms. The Labute approximate surface area is 253 Å². The molecular weight excluding hydrogens is 534 g/mol. The predicted molar refractivity (Wildman–Crippen MR) is 173 cm³/mol. The number of anilines is 4. The van der Waals surface area contributed by atoms with Crippen molar-refractivity contribution < 1.29 is 4.74 Å². The fraction of sp³-hybridized carbons (Fsp3) is 0.343. The summed E-state index contributed by atoms with van der Waals surface area (Å²) in [6, 6.07) is 29.7. The monoisotopic (exact) mass is 573 g/mol. The Morgan fingerprint density at radius 2 is 1.47 bits per heavy atom. The number of hydrogen-bond acceptors (Lipinski definition) is 7. The number of aromatic nitrogens is 4. The number of ether oxygens (including phenoxy) is 1. The van der Waals surface area contributed by atoms with Gasteiger partial charge < -0.3 is 19.9 Å². The van der Waals surface area contributed by atoms with E-state index in [9.17, 15) is 0 Å². The maximum absolute atomic E-state index is 6.17. The Bertz CT molecular complexity index is 1570. The first-order chi connectivity index (χ1) is 21.3. The minimum absolute atomic E-state index is 0.0742. The molecule has 0 spiro atoms. The molecule has 5 aromatic rings. The lowest BCUT2D eigenvalue weighted by Gasteiger charge is -2.29. The van der Waals surface area contributed by atoms with Gasteiger partial charge >= 0.3 is 0 Å². The second-order valence-electron chi connectivity index (χ2n) is 11.6. The van der Waals surface area contributed by atoms with E-state index in [0.29, 0.717) is 19.0 Å². The summed E-state index contributed by atoms with van der Waals surface area (Å²) < 4.78 is 8.27. The smallest absolute Gasteiger partial charge is 0.231 e. The third-order valence-electron chi connectivity index (χ3n) is 8.45. The summed E-state index contributed by atoms with van der Waals surface area (Å²) in [4.78, 5) is 19.8. The maximum Gasteiger partial charge on any atom is 0.231 e. The molecule has 1 atom stereocenters. The zero-order valence-electron chi connectivity index (χ0n) is 24.6. The van der Waals surface area contributed by atoms with Gasteiger partial charge in [0.1, 0.15) is 6.23 Å². The van der Waals surface area contributed by atoms with Crippen molar-refractivity contribution in [3.63, 3.8) is 0 Å². The fourth-order valence-electron chi connectivity index (χ4n) is 6.18. The van der Waals surface area contributed by atoms with Crippen LogP contribution in [0.25, 0.3) is 11.2 Å². The van der Waals surface area contributed by atoms with E-state index in [1.165, 1.54) is 36.1 Å². The second-order valence-corrected chi connectivity index (χ2v) is 11.6. The maximum atomic E-state index is 6.17. The van der Waals surface area contributed by atoms with Gasteiger partial charge in [0.2, 0.25) is 5.95 Å². The molecule has 3 aromatic carbocycles. The van der Waals surface area contributed by atoms with Gasteiger partial charge in [0.05, 0.1) is 6.33 Å². The molecule has 43 heavy (non-hydrogen) atoms. The Balaban J connectivity index is 1.27. The zero-order valence-corrected chi connectivity index (χ0v) is 24.6. The van der Waals surface area contributed by atoms with Gasteiger partial charge in [-0.05, 0) is 73.9 Å². The number of nitrogens with zero attached hydrogens (tertiary/aromatic N) is 6. The van der Waals surface area contributed by atoms with Gasteiger partial charge in [0, 0.05) is 44.2 Å². The molecule has 2 aromatic heterocycles. The van der Waals surface area contributed by atoms with Crippen molar-refractivity contribution in [2.24, 2.45) is 0 Å². The molecule has 4 heterocycles. The van der Waals surface area contributed by atoms with Crippen LogP contribution in [0.15, 0.2) is 91.3 Å². The van der Waals surface area contributed by atoms with Crippen molar-refractivity contribution in [1.82, 2.24) is 19.5 Å². The number of nitrogens with one attached hydrogen (secondary N) is 1. The standard InChI is InChI=1S/C35H39N7O/c1-4-12-27(13-5-1)24-41(25-28-14-6-2-7-15-28)33-32-34(42(26-36-32)31-16-8-11-23-43-31)39-35(38-33)37-29-17-19-30(20-18-29)40-21-9-3-10-22-40/h1-2,4-7,12-15,17-20,26,31H,3,8-11,16,21-25H2,(H,37,38,39). The highest BCUT2D eigenvalue weighted by atomic mass is 16.5. The highest BCUT2D eigenvalue weighted by Crippen LogP contribution is 2.32.